The molecule has 0 saturated heterocycles. The van der Waals surface area contributed by atoms with Crippen molar-refractivity contribution in [3.8, 4) is 28.3 Å². The molecule has 1 aromatic carbocycles. The van der Waals surface area contributed by atoms with Gasteiger partial charge in [0.15, 0.2) is 5.13 Å². The number of halogens is 1. The maximum absolute atomic E-state index is 6.23. The maximum atomic E-state index is 6.23. The van der Waals surface area contributed by atoms with Crippen molar-refractivity contribution in [1.29, 1.82) is 0 Å². The number of hydrogen-bond acceptors (Lipinski definition) is 5. The Morgan fingerprint density at radius 2 is 2.08 bits per heavy atom. The van der Waals surface area contributed by atoms with Gasteiger partial charge in [0, 0.05) is 39.8 Å². The van der Waals surface area contributed by atoms with Gasteiger partial charge < -0.3 is 10.1 Å². The van der Waals surface area contributed by atoms with E-state index >= 15 is 0 Å². The molecule has 0 bridgehead atoms. The summed E-state index contributed by atoms with van der Waals surface area (Å²) in [6, 6.07) is 10.3. The minimum Gasteiger partial charge on any atom is -0.481 e. The zero-order chi connectivity index (χ0) is 16.5. The summed E-state index contributed by atoms with van der Waals surface area (Å²) in [5.74, 6) is 0.596. The topological polar surface area (TPSA) is 47.0 Å². The van der Waals surface area contributed by atoms with Gasteiger partial charge in [-0.05, 0) is 36.6 Å². The molecule has 0 amide bonds. The fourth-order valence-electron chi connectivity index (χ4n) is 2.51. The molecule has 6 heteroatoms. The Labute approximate surface area is 149 Å². The largest absolute Gasteiger partial charge is 0.481 e. The molecule has 1 fully saturated rings. The molecule has 1 aliphatic rings. The molecule has 0 spiro atoms. The Balaban J connectivity index is 1.73. The number of nitrogens with zero attached hydrogens (tertiary/aromatic N) is 2. The van der Waals surface area contributed by atoms with Crippen molar-refractivity contribution in [2.75, 3.05) is 12.4 Å². The third-order valence-corrected chi connectivity index (χ3v) is 4.93. The van der Waals surface area contributed by atoms with E-state index in [1.165, 1.54) is 12.8 Å². The highest BCUT2D eigenvalue weighted by molar-refractivity contribution is 7.14. The van der Waals surface area contributed by atoms with Crippen LogP contribution in [0.5, 0.6) is 5.88 Å². The van der Waals surface area contributed by atoms with Crippen LogP contribution in [-0.2, 0) is 0 Å². The van der Waals surface area contributed by atoms with E-state index in [2.05, 4.69) is 15.7 Å². The lowest BCUT2D eigenvalue weighted by atomic mass is 9.99. The summed E-state index contributed by atoms with van der Waals surface area (Å²) < 4.78 is 5.13. The van der Waals surface area contributed by atoms with Gasteiger partial charge in [-0.3, -0.25) is 0 Å². The molecule has 3 aromatic rings. The van der Waals surface area contributed by atoms with E-state index in [9.17, 15) is 0 Å². The molecule has 122 valence electrons. The van der Waals surface area contributed by atoms with Crippen LogP contribution in [0.15, 0.2) is 41.9 Å². The second kappa shape index (κ2) is 6.42. The van der Waals surface area contributed by atoms with Gasteiger partial charge in [0.2, 0.25) is 5.88 Å². The number of hydrogen-bond donors (Lipinski definition) is 1. The highest BCUT2D eigenvalue weighted by Gasteiger charge is 2.22. The number of ether oxygens (including phenoxy) is 1. The van der Waals surface area contributed by atoms with Crippen LogP contribution in [0.4, 0.5) is 5.13 Å². The number of benzene rings is 1. The molecule has 2 heterocycles. The molecule has 1 aliphatic carbocycles. The fraction of sp³-hybridized carbons (Fsp3) is 0.222. The van der Waals surface area contributed by atoms with Gasteiger partial charge >= 0.3 is 0 Å². The number of methoxy groups -OCH3 is 1. The van der Waals surface area contributed by atoms with E-state index in [1.807, 2.05) is 30.3 Å². The van der Waals surface area contributed by atoms with Crippen molar-refractivity contribution in [3.05, 3.63) is 46.9 Å². The summed E-state index contributed by atoms with van der Waals surface area (Å²) in [5, 5.41) is 7.17. The van der Waals surface area contributed by atoms with Gasteiger partial charge in [0.25, 0.3) is 0 Å². The molecule has 24 heavy (non-hydrogen) atoms. The molecule has 0 aliphatic heterocycles. The molecule has 0 unspecified atom stereocenters. The first-order valence-corrected chi connectivity index (χ1v) is 9.01. The fourth-order valence-corrected chi connectivity index (χ4v) is 3.47. The van der Waals surface area contributed by atoms with Crippen molar-refractivity contribution < 1.29 is 4.74 Å². The third-order valence-electron chi connectivity index (χ3n) is 3.92. The van der Waals surface area contributed by atoms with Crippen LogP contribution in [0.1, 0.15) is 12.8 Å². The van der Waals surface area contributed by atoms with E-state index in [4.69, 9.17) is 21.3 Å². The lowest BCUT2D eigenvalue weighted by molar-refractivity contribution is 0.398. The number of nitrogens with one attached hydrogen (secondary N) is 1. The predicted molar refractivity (Wildman–Crippen MR) is 99.0 cm³/mol. The highest BCUT2D eigenvalue weighted by Crippen LogP contribution is 2.36. The van der Waals surface area contributed by atoms with Crippen molar-refractivity contribution in [2.24, 2.45) is 0 Å². The molecular weight excluding hydrogens is 342 g/mol. The lowest BCUT2D eigenvalue weighted by Gasteiger charge is -2.09. The Morgan fingerprint density at radius 1 is 1.21 bits per heavy atom. The van der Waals surface area contributed by atoms with Gasteiger partial charge in [0.1, 0.15) is 0 Å². The van der Waals surface area contributed by atoms with Crippen molar-refractivity contribution in [3.63, 3.8) is 0 Å². The van der Waals surface area contributed by atoms with Gasteiger partial charge in [-0.1, -0.05) is 17.7 Å². The molecular formula is C18H16ClN3OS. The van der Waals surface area contributed by atoms with E-state index in [0.29, 0.717) is 16.9 Å². The first-order valence-electron chi connectivity index (χ1n) is 7.75. The second-order valence-corrected chi connectivity index (χ2v) is 7.03. The van der Waals surface area contributed by atoms with Crippen molar-refractivity contribution >= 4 is 28.1 Å². The Morgan fingerprint density at radius 3 is 2.79 bits per heavy atom. The average Bonchev–Trinajstić information content (AvgIpc) is 3.30. The number of thiazole rings is 1. The minimum absolute atomic E-state index is 0.591. The summed E-state index contributed by atoms with van der Waals surface area (Å²) in [6.45, 7) is 0. The highest BCUT2D eigenvalue weighted by atomic mass is 35.5. The van der Waals surface area contributed by atoms with Crippen LogP contribution in [0.3, 0.4) is 0 Å². The summed E-state index contributed by atoms with van der Waals surface area (Å²) in [7, 11) is 1.61. The SMILES string of the molecule is COc1ccc(-c2ccc(Cl)cc2-c2csc(NC3CC3)n2)cn1. The lowest BCUT2D eigenvalue weighted by Crippen LogP contribution is -1.99. The van der Waals surface area contributed by atoms with E-state index in [0.717, 1.165) is 27.5 Å². The van der Waals surface area contributed by atoms with E-state index in [1.54, 1.807) is 24.6 Å². The Kier molecular flexibility index (Phi) is 4.12. The van der Waals surface area contributed by atoms with Crippen LogP contribution in [0.25, 0.3) is 22.4 Å². The van der Waals surface area contributed by atoms with Crippen LogP contribution in [-0.4, -0.2) is 23.1 Å². The molecule has 1 saturated carbocycles. The first kappa shape index (κ1) is 15.4. The van der Waals surface area contributed by atoms with Gasteiger partial charge in [-0.25, -0.2) is 9.97 Å². The molecule has 4 rings (SSSR count). The number of pyridine rings is 1. The third kappa shape index (κ3) is 3.23. The molecule has 4 nitrogen and oxygen atoms in total. The number of rotatable bonds is 5. The maximum Gasteiger partial charge on any atom is 0.212 e. The summed E-state index contributed by atoms with van der Waals surface area (Å²) >= 11 is 7.85. The van der Waals surface area contributed by atoms with E-state index in [-0.39, 0.29) is 0 Å². The summed E-state index contributed by atoms with van der Waals surface area (Å²) in [5.41, 5.74) is 4.00. The van der Waals surface area contributed by atoms with Crippen molar-refractivity contribution in [2.45, 2.75) is 18.9 Å². The van der Waals surface area contributed by atoms with Crippen LogP contribution < -0.4 is 10.1 Å². The molecule has 2 aromatic heterocycles. The van der Waals surface area contributed by atoms with Crippen LogP contribution >= 0.6 is 22.9 Å². The summed E-state index contributed by atoms with van der Waals surface area (Å²) in [4.78, 5) is 9.02. The zero-order valence-electron chi connectivity index (χ0n) is 13.1. The molecule has 0 atom stereocenters. The molecule has 1 N–H and O–H groups in total. The Bertz CT molecular complexity index is 859. The minimum atomic E-state index is 0.591. The van der Waals surface area contributed by atoms with Gasteiger partial charge in [-0.15, -0.1) is 11.3 Å². The number of aromatic nitrogens is 2. The second-order valence-electron chi connectivity index (χ2n) is 5.74. The summed E-state index contributed by atoms with van der Waals surface area (Å²) in [6.07, 6.45) is 4.27. The van der Waals surface area contributed by atoms with Crippen molar-refractivity contribution in [1.82, 2.24) is 9.97 Å². The molecule has 0 radical (unpaired) electrons. The standard InChI is InChI=1S/C18H16ClN3OS/c1-23-17-7-2-11(9-20-17)14-6-3-12(19)8-15(14)16-10-24-18(22-16)21-13-4-5-13/h2-3,6-10,13H,4-5H2,1H3,(H,21,22). The first-order chi connectivity index (χ1) is 11.7. The zero-order valence-corrected chi connectivity index (χ0v) is 14.7. The van der Waals surface area contributed by atoms with Gasteiger partial charge in [0.05, 0.1) is 12.8 Å². The predicted octanol–water partition coefficient (Wildman–Crippen LogP) is 5.11. The quantitative estimate of drug-likeness (QED) is 0.689. The van der Waals surface area contributed by atoms with Crippen LogP contribution in [0.2, 0.25) is 5.02 Å². The average molecular weight is 358 g/mol. The number of anilines is 1. The van der Waals surface area contributed by atoms with Crippen LogP contribution in [0, 0.1) is 0 Å². The van der Waals surface area contributed by atoms with Gasteiger partial charge in [-0.2, -0.15) is 0 Å². The van der Waals surface area contributed by atoms with E-state index < -0.39 is 0 Å². The Hall–Kier alpha value is -2.11. The smallest absolute Gasteiger partial charge is 0.212 e. The normalized spacial score (nSPS) is 13.8. The monoisotopic (exact) mass is 357 g/mol.